The summed E-state index contributed by atoms with van der Waals surface area (Å²) in [5.74, 6) is 1.38. The molecule has 1 aromatic carbocycles. The number of epoxide rings is 1. The fraction of sp³-hybridized carbons (Fsp3) is 0.758. The minimum atomic E-state index is -1.98. The van der Waals surface area contributed by atoms with Crippen LogP contribution in [0.4, 0.5) is 0 Å². The highest BCUT2D eigenvalue weighted by molar-refractivity contribution is 6.77. The van der Waals surface area contributed by atoms with Crippen LogP contribution in [-0.4, -0.2) is 64.8 Å². The number of allylic oxidation sites excluding steroid dienone is 1. The van der Waals surface area contributed by atoms with Crippen LogP contribution >= 0.6 is 0 Å². The Labute approximate surface area is 244 Å². The van der Waals surface area contributed by atoms with Crippen LogP contribution in [0.2, 0.25) is 16.6 Å². The molecule has 40 heavy (non-hydrogen) atoms. The quantitative estimate of drug-likeness (QED) is 0.134. The number of rotatable bonds is 15. The van der Waals surface area contributed by atoms with Crippen molar-refractivity contribution in [2.24, 2.45) is 11.8 Å². The van der Waals surface area contributed by atoms with E-state index in [9.17, 15) is 5.11 Å². The molecule has 0 amide bonds. The number of ether oxygens (including phenoxy) is 4. The van der Waals surface area contributed by atoms with E-state index in [1.54, 1.807) is 7.11 Å². The number of aliphatic hydroxyl groups is 1. The van der Waals surface area contributed by atoms with Crippen LogP contribution in [-0.2, 0) is 25.2 Å². The Hall–Kier alpha value is -1.22. The molecule has 1 aliphatic heterocycles. The van der Waals surface area contributed by atoms with Crippen molar-refractivity contribution in [3.63, 3.8) is 0 Å². The summed E-state index contributed by atoms with van der Waals surface area (Å²) in [6, 6.07) is 8.02. The van der Waals surface area contributed by atoms with Gasteiger partial charge in [-0.15, -0.1) is 0 Å². The second-order valence-electron chi connectivity index (χ2n) is 13.0. The fourth-order valence-corrected chi connectivity index (χ4v) is 13.0. The summed E-state index contributed by atoms with van der Waals surface area (Å²) in [6.45, 7) is 19.0. The van der Waals surface area contributed by atoms with Crippen molar-refractivity contribution in [3.05, 3.63) is 41.5 Å². The first-order valence-corrected chi connectivity index (χ1v) is 17.5. The van der Waals surface area contributed by atoms with E-state index in [0.29, 0.717) is 29.1 Å². The second-order valence-corrected chi connectivity index (χ2v) is 18.4. The van der Waals surface area contributed by atoms with Crippen molar-refractivity contribution < 1.29 is 28.5 Å². The largest absolute Gasteiger partial charge is 0.497 e. The Kier molecular flexibility index (Phi) is 12.3. The molecule has 0 aromatic heterocycles. The highest BCUT2D eigenvalue weighted by atomic mass is 28.4. The molecule has 3 rings (SSSR count). The van der Waals surface area contributed by atoms with E-state index in [1.165, 1.54) is 5.57 Å². The van der Waals surface area contributed by atoms with Crippen LogP contribution in [0.1, 0.15) is 80.2 Å². The predicted octanol–water partition coefficient (Wildman–Crippen LogP) is 7.30. The Morgan fingerprint density at radius 3 is 2.10 bits per heavy atom. The van der Waals surface area contributed by atoms with Crippen molar-refractivity contribution in [1.82, 2.24) is 0 Å². The average molecular weight is 577 g/mol. The summed E-state index contributed by atoms with van der Waals surface area (Å²) in [5.41, 5.74) is 4.00. The SMILES string of the molecule is COc1ccc(CO[C@H](/C(C)=C/[C@@H]2CC[C@@H](O[Si](C(C)C)(C(C)C)C(C)C)[C@H](OC)C2)[C@H](C)[C@H]2O[C@@H]2CO)cc1. The van der Waals surface area contributed by atoms with Crippen LogP contribution in [0.3, 0.4) is 0 Å². The minimum Gasteiger partial charge on any atom is -0.497 e. The van der Waals surface area contributed by atoms with Gasteiger partial charge in [-0.1, -0.05) is 66.7 Å². The van der Waals surface area contributed by atoms with E-state index >= 15 is 0 Å². The van der Waals surface area contributed by atoms with Gasteiger partial charge in [0.1, 0.15) is 11.9 Å². The molecule has 6 nitrogen and oxygen atoms in total. The molecule has 0 radical (unpaired) electrons. The van der Waals surface area contributed by atoms with Gasteiger partial charge in [0.05, 0.1) is 44.7 Å². The third kappa shape index (κ3) is 7.78. The molecule has 2 aliphatic rings. The lowest BCUT2D eigenvalue weighted by Crippen LogP contribution is -2.53. The van der Waals surface area contributed by atoms with Crippen LogP contribution in [0.5, 0.6) is 5.75 Å². The van der Waals surface area contributed by atoms with E-state index < -0.39 is 8.32 Å². The van der Waals surface area contributed by atoms with Gasteiger partial charge in [-0.25, -0.2) is 0 Å². The summed E-state index contributed by atoms with van der Waals surface area (Å²) < 4.78 is 30.9. The lowest BCUT2D eigenvalue weighted by atomic mass is 9.82. The standard InChI is InChI=1S/C33H56O6Si/c1-21(2)40(22(3)4,23(5)6)39-29-16-13-27(18-30(29)36-10)17-24(7)32(25(8)33-31(19-34)38-33)37-20-26-11-14-28(35-9)15-12-26/h11-12,14-15,17,21-23,25,27,29-34H,13,16,18-20H2,1-10H3/b24-17+/t25-,27-,29+,30+,31+,32+,33+/m0/s1. The van der Waals surface area contributed by atoms with Gasteiger partial charge in [0.15, 0.2) is 0 Å². The van der Waals surface area contributed by atoms with Crippen LogP contribution in [0, 0.1) is 11.8 Å². The molecule has 1 saturated carbocycles. The molecule has 1 N–H and O–H groups in total. The molecule has 7 atom stereocenters. The van der Waals surface area contributed by atoms with E-state index in [2.05, 4.69) is 61.5 Å². The second kappa shape index (κ2) is 14.8. The van der Waals surface area contributed by atoms with E-state index in [4.69, 9.17) is 23.4 Å². The maximum absolute atomic E-state index is 9.61. The van der Waals surface area contributed by atoms with Gasteiger partial charge in [0.2, 0.25) is 8.32 Å². The molecule has 1 heterocycles. The lowest BCUT2D eigenvalue weighted by Gasteiger charge is -2.47. The van der Waals surface area contributed by atoms with Gasteiger partial charge in [-0.05, 0) is 72.0 Å². The fourth-order valence-electron chi connectivity index (χ4n) is 7.35. The van der Waals surface area contributed by atoms with Crippen molar-refractivity contribution >= 4 is 8.32 Å². The maximum atomic E-state index is 9.61. The summed E-state index contributed by atoms with van der Waals surface area (Å²) in [7, 11) is 1.53. The third-order valence-corrected chi connectivity index (χ3v) is 15.6. The van der Waals surface area contributed by atoms with Crippen molar-refractivity contribution in [1.29, 1.82) is 0 Å². The van der Waals surface area contributed by atoms with Crippen molar-refractivity contribution in [2.75, 3.05) is 20.8 Å². The predicted molar refractivity (Wildman–Crippen MR) is 164 cm³/mol. The first-order chi connectivity index (χ1) is 19.0. The van der Waals surface area contributed by atoms with Gasteiger partial charge in [-0.3, -0.25) is 0 Å². The third-order valence-electron chi connectivity index (χ3n) is 9.47. The highest BCUT2D eigenvalue weighted by Crippen LogP contribution is 2.45. The summed E-state index contributed by atoms with van der Waals surface area (Å²) in [6.07, 6.45) is 5.54. The molecule has 0 spiro atoms. The number of hydrogen-bond acceptors (Lipinski definition) is 6. The van der Waals surface area contributed by atoms with Crippen LogP contribution in [0.15, 0.2) is 35.9 Å². The maximum Gasteiger partial charge on any atom is 0.200 e. The molecule has 0 unspecified atom stereocenters. The molecule has 228 valence electrons. The Balaban J connectivity index is 1.73. The first-order valence-electron chi connectivity index (χ1n) is 15.4. The van der Waals surface area contributed by atoms with Gasteiger partial charge in [-0.2, -0.15) is 0 Å². The van der Waals surface area contributed by atoms with Crippen LogP contribution in [0.25, 0.3) is 0 Å². The summed E-state index contributed by atoms with van der Waals surface area (Å²) >= 11 is 0. The van der Waals surface area contributed by atoms with Gasteiger partial charge in [0, 0.05) is 13.0 Å². The number of benzene rings is 1. The molecule has 7 heteroatoms. The zero-order valence-electron chi connectivity index (χ0n) is 26.7. The number of hydrogen-bond donors (Lipinski definition) is 1. The lowest BCUT2D eigenvalue weighted by molar-refractivity contribution is -0.0402. The Morgan fingerprint density at radius 2 is 1.60 bits per heavy atom. The topological polar surface area (TPSA) is 69.7 Å². The zero-order valence-corrected chi connectivity index (χ0v) is 27.7. The highest BCUT2D eigenvalue weighted by Gasteiger charge is 2.49. The summed E-state index contributed by atoms with van der Waals surface area (Å²) in [4.78, 5) is 0. The normalized spacial score (nSPS) is 27.4. The number of methoxy groups -OCH3 is 2. The molecular weight excluding hydrogens is 520 g/mol. The molecule has 1 saturated heterocycles. The zero-order chi connectivity index (χ0) is 29.6. The van der Waals surface area contributed by atoms with Gasteiger partial charge in [0.25, 0.3) is 0 Å². The van der Waals surface area contributed by atoms with E-state index in [-0.39, 0.29) is 43.0 Å². The monoisotopic (exact) mass is 576 g/mol. The summed E-state index contributed by atoms with van der Waals surface area (Å²) in [5, 5.41) is 9.61. The van der Waals surface area contributed by atoms with Crippen molar-refractivity contribution in [2.45, 2.75) is 128 Å². The molecule has 1 aromatic rings. The number of aliphatic hydroxyl groups excluding tert-OH is 1. The Morgan fingerprint density at radius 1 is 0.975 bits per heavy atom. The van der Waals surface area contributed by atoms with E-state index in [1.807, 2.05) is 31.4 Å². The van der Waals surface area contributed by atoms with Crippen LogP contribution < -0.4 is 4.74 Å². The smallest absolute Gasteiger partial charge is 0.200 e. The molecule has 2 fully saturated rings. The van der Waals surface area contributed by atoms with Gasteiger partial charge < -0.3 is 28.5 Å². The molecule has 0 bridgehead atoms. The minimum absolute atomic E-state index is 0.0197. The van der Waals surface area contributed by atoms with E-state index in [0.717, 1.165) is 30.6 Å². The first kappa shape index (κ1) is 33.3. The van der Waals surface area contributed by atoms with Crippen molar-refractivity contribution in [3.8, 4) is 5.75 Å². The Bertz CT molecular complexity index is 908. The van der Waals surface area contributed by atoms with Gasteiger partial charge >= 0.3 is 0 Å². The molecular formula is C33H56O6Si. The molecule has 1 aliphatic carbocycles. The average Bonchev–Trinajstić information content (AvgIpc) is 3.72.